The van der Waals surface area contributed by atoms with E-state index in [0.717, 1.165) is 0 Å². The molecule has 0 fully saturated rings. The van der Waals surface area contributed by atoms with Gasteiger partial charge in [0, 0.05) is 6.54 Å². The average Bonchev–Trinajstić information content (AvgIpc) is 2.98. The van der Waals surface area contributed by atoms with Crippen LogP contribution in [0.15, 0.2) is 0 Å². The first-order valence-electron chi connectivity index (χ1n) is 14.2. The van der Waals surface area contributed by atoms with E-state index in [1.54, 1.807) is 20.8 Å². The van der Waals surface area contributed by atoms with Crippen LogP contribution in [0, 0.1) is 29.1 Å². The highest BCUT2D eigenvalue weighted by atomic mass is 19.2. The molecular weight excluding hydrogens is 621 g/mol. The van der Waals surface area contributed by atoms with Crippen LogP contribution in [0.1, 0.15) is 27.2 Å². The molecule has 0 unspecified atom stereocenters. The first-order chi connectivity index (χ1) is 21.4. The van der Waals surface area contributed by atoms with E-state index in [9.17, 15) is 31.5 Å². The van der Waals surface area contributed by atoms with Crippen molar-refractivity contribution in [2.45, 2.75) is 32.8 Å². The number of benzene rings is 1. The molecule has 17 heteroatoms. The molecule has 0 aliphatic heterocycles. The lowest BCUT2D eigenvalue weighted by Gasteiger charge is -2.19. The van der Waals surface area contributed by atoms with Gasteiger partial charge < -0.3 is 47.9 Å². The largest absolute Gasteiger partial charge is 0.444 e. The minimum absolute atomic E-state index is 0.0762. The molecule has 1 amide bonds. The zero-order chi connectivity index (χ0) is 33.5. The fourth-order valence-corrected chi connectivity index (χ4v) is 2.96. The fourth-order valence-electron chi connectivity index (χ4n) is 2.96. The molecule has 0 aliphatic rings. The van der Waals surface area contributed by atoms with E-state index in [1.807, 2.05) is 0 Å². The van der Waals surface area contributed by atoms with Crippen LogP contribution in [-0.2, 0) is 42.7 Å². The summed E-state index contributed by atoms with van der Waals surface area (Å²) < 4.78 is 113. The van der Waals surface area contributed by atoms with Crippen molar-refractivity contribution >= 4 is 12.1 Å². The quantitative estimate of drug-likeness (QED) is 0.0413. The van der Waals surface area contributed by atoms with Crippen LogP contribution in [0.4, 0.5) is 26.7 Å². The van der Waals surface area contributed by atoms with Crippen molar-refractivity contribution in [1.29, 1.82) is 0 Å². The van der Waals surface area contributed by atoms with Gasteiger partial charge in [-0.1, -0.05) is 0 Å². The van der Waals surface area contributed by atoms with Crippen molar-refractivity contribution in [2.24, 2.45) is 0 Å². The van der Waals surface area contributed by atoms with E-state index >= 15 is 0 Å². The topological polar surface area (TPSA) is 129 Å². The average molecular weight is 664 g/mol. The molecule has 0 aromatic heterocycles. The second-order valence-electron chi connectivity index (χ2n) is 9.84. The molecule has 12 nitrogen and oxygen atoms in total. The number of hydrogen-bond acceptors (Lipinski definition) is 11. The first-order valence-corrected chi connectivity index (χ1v) is 14.2. The Hall–Kier alpha value is -2.67. The van der Waals surface area contributed by atoms with Crippen molar-refractivity contribution in [2.75, 3.05) is 99.0 Å². The summed E-state index contributed by atoms with van der Waals surface area (Å²) in [7, 11) is 0. The third kappa shape index (κ3) is 19.5. The number of halogens is 5. The molecule has 0 radical (unpaired) electrons. The number of carbonyl (C=O) groups is 2. The van der Waals surface area contributed by atoms with Gasteiger partial charge in [-0.3, -0.25) is 4.79 Å². The van der Waals surface area contributed by atoms with Gasteiger partial charge >= 0.3 is 12.1 Å². The number of ether oxygens (including phenoxy) is 9. The predicted octanol–water partition coefficient (Wildman–Crippen LogP) is 3.32. The lowest BCUT2D eigenvalue weighted by molar-refractivity contribution is -0.136. The fraction of sp³-hybridized carbons (Fsp3) is 0.714. The summed E-state index contributed by atoms with van der Waals surface area (Å²) in [4.78, 5) is 23.1. The second kappa shape index (κ2) is 23.6. The monoisotopic (exact) mass is 663 g/mol. The Morgan fingerprint density at radius 2 is 0.867 bits per heavy atom. The van der Waals surface area contributed by atoms with Gasteiger partial charge in [0.15, 0.2) is 0 Å². The lowest BCUT2D eigenvalue weighted by atomic mass is 10.2. The van der Waals surface area contributed by atoms with E-state index in [-0.39, 0.29) is 26.4 Å². The zero-order valence-corrected chi connectivity index (χ0v) is 25.7. The van der Waals surface area contributed by atoms with Crippen LogP contribution in [0.5, 0.6) is 5.75 Å². The van der Waals surface area contributed by atoms with E-state index < -0.39 is 58.9 Å². The van der Waals surface area contributed by atoms with Crippen LogP contribution < -0.4 is 10.1 Å². The summed E-state index contributed by atoms with van der Waals surface area (Å²) in [5.74, 6) is -14.2. The van der Waals surface area contributed by atoms with Gasteiger partial charge in [0.1, 0.15) is 5.60 Å². The summed E-state index contributed by atoms with van der Waals surface area (Å²) >= 11 is 0. The molecule has 0 spiro atoms. The summed E-state index contributed by atoms with van der Waals surface area (Å²) in [6.45, 7) is 9.73. The van der Waals surface area contributed by atoms with Crippen LogP contribution in [0.2, 0.25) is 0 Å². The number of rotatable bonds is 25. The van der Waals surface area contributed by atoms with E-state index in [0.29, 0.717) is 72.6 Å². The highest BCUT2D eigenvalue weighted by Crippen LogP contribution is 2.29. The number of hydrogen-bond donors (Lipinski definition) is 1. The van der Waals surface area contributed by atoms with Crippen LogP contribution in [0.25, 0.3) is 0 Å². The second-order valence-corrected chi connectivity index (χ2v) is 9.84. The third-order valence-corrected chi connectivity index (χ3v) is 4.98. The maximum absolute atomic E-state index is 13.5. The van der Waals surface area contributed by atoms with E-state index in [4.69, 9.17) is 37.9 Å². The van der Waals surface area contributed by atoms with Gasteiger partial charge in [-0.05, 0) is 20.8 Å². The maximum atomic E-state index is 13.5. The molecule has 260 valence electrons. The van der Waals surface area contributed by atoms with Crippen LogP contribution >= 0.6 is 0 Å². The molecule has 0 aliphatic carbocycles. The number of amides is 1. The number of carbonyl (C=O) groups excluding carboxylic acids is 2. The molecule has 1 rings (SSSR count). The van der Waals surface area contributed by atoms with E-state index in [1.165, 1.54) is 0 Å². The zero-order valence-electron chi connectivity index (χ0n) is 25.7. The van der Waals surface area contributed by atoms with Crippen LogP contribution in [-0.4, -0.2) is 117 Å². The minimum atomic E-state index is -2.35. The minimum Gasteiger partial charge on any atom is -0.444 e. The molecule has 45 heavy (non-hydrogen) atoms. The molecule has 0 atom stereocenters. The van der Waals surface area contributed by atoms with Crippen molar-refractivity contribution in [3.63, 3.8) is 0 Å². The number of alkyl carbamates (subject to hydrolysis) is 1. The molecule has 1 N–H and O–H groups in total. The Labute approximate surface area is 258 Å². The normalized spacial score (nSPS) is 11.6. The number of nitrogens with one attached hydrogen (secondary N) is 1. The Balaban J connectivity index is 1.82. The summed E-state index contributed by atoms with van der Waals surface area (Å²) in [6.07, 6.45) is -0.977. The Morgan fingerprint density at radius 1 is 0.533 bits per heavy atom. The lowest BCUT2D eigenvalue weighted by Crippen LogP contribution is -2.34. The molecule has 1 aromatic rings. The van der Waals surface area contributed by atoms with Gasteiger partial charge in [-0.2, -0.15) is 8.78 Å². The SMILES string of the molecule is CC(C)(C)OC(=O)NCCOCCOCCOCCOCCOCCOCCOCCC(=O)Oc1c(F)c(F)c(F)c(F)c1F. The summed E-state index contributed by atoms with van der Waals surface area (Å²) in [5.41, 5.74) is -0.542. The van der Waals surface area contributed by atoms with Crippen molar-refractivity contribution in [1.82, 2.24) is 5.32 Å². The smallest absolute Gasteiger partial charge is 0.407 e. The molecular formula is C28H42F5NO11. The third-order valence-electron chi connectivity index (χ3n) is 4.98. The van der Waals surface area contributed by atoms with Crippen LogP contribution in [0.3, 0.4) is 0 Å². The Kier molecular flexibility index (Phi) is 21.2. The first kappa shape index (κ1) is 40.4. The van der Waals surface area contributed by atoms with Gasteiger partial charge in [0.2, 0.25) is 34.8 Å². The molecule has 0 bridgehead atoms. The standard InChI is InChI=1S/C28H42F5NO11/c1-28(2,3)45-27(36)34-5-7-38-9-11-40-13-15-42-17-19-43-18-16-41-14-12-39-10-8-37-6-4-20(35)44-26-24(32)22(30)21(29)23(31)25(26)33/h4-19H2,1-3H3,(H,34,36). The maximum Gasteiger partial charge on any atom is 0.407 e. The van der Waals surface area contributed by atoms with Crippen molar-refractivity contribution < 1.29 is 74.2 Å². The molecule has 1 aromatic carbocycles. The number of esters is 1. The highest BCUT2D eigenvalue weighted by molar-refractivity contribution is 5.72. The molecule has 0 saturated heterocycles. The van der Waals surface area contributed by atoms with Gasteiger partial charge in [0.25, 0.3) is 0 Å². The van der Waals surface area contributed by atoms with Gasteiger partial charge in [0.05, 0.1) is 98.9 Å². The Bertz CT molecular complexity index is 970. The van der Waals surface area contributed by atoms with Gasteiger partial charge in [-0.15, -0.1) is 0 Å². The predicted molar refractivity (Wildman–Crippen MR) is 146 cm³/mol. The van der Waals surface area contributed by atoms with E-state index in [2.05, 4.69) is 10.1 Å². The van der Waals surface area contributed by atoms with Crippen molar-refractivity contribution in [3.05, 3.63) is 29.1 Å². The Morgan fingerprint density at radius 3 is 1.24 bits per heavy atom. The molecule has 0 heterocycles. The molecule has 0 saturated carbocycles. The van der Waals surface area contributed by atoms with Crippen molar-refractivity contribution in [3.8, 4) is 5.75 Å². The highest BCUT2D eigenvalue weighted by Gasteiger charge is 2.28. The summed E-state index contributed by atoms with van der Waals surface area (Å²) in [5, 5.41) is 2.59. The van der Waals surface area contributed by atoms with Gasteiger partial charge in [-0.25, -0.2) is 18.0 Å². The summed E-state index contributed by atoms with van der Waals surface area (Å²) in [6, 6.07) is 0.